The van der Waals surface area contributed by atoms with E-state index in [1.807, 2.05) is 0 Å². The van der Waals surface area contributed by atoms with E-state index in [0.717, 1.165) is 6.07 Å². The van der Waals surface area contributed by atoms with Gasteiger partial charge in [-0.3, -0.25) is 4.79 Å². The Labute approximate surface area is 121 Å². The number of rotatable bonds is 5. The quantitative estimate of drug-likeness (QED) is 0.792. The van der Waals surface area contributed by atoms with Crippen LogP contribution in [0.25, 0.3) is 0 Å². The lowest BCUT2D eigenvalue weighted by Crippen LogP contribution is -2.07. The Kier molecular flexibility index (Phi) is 4.52. The van der Waals surface area contributed by atoms with Gasteiger partial charge in [-0.2, -0.15) is 0 Å². The van der Waals surface area contributed by atoms with Crippen LogP contribution in [0.4, 0.5) is 8.78 Å². The number of ether oxygens (including phenoxy) is 2. The first-order chi connectivity index (χ1) is 10.0. The van der Waals surface area contributed by atoms with Crippen molar-refractivity contribution in [3.05, 3.63) is 59.2 Å². The molecule has 21 heavy (non-hydrogen) atoms. The smallest absolute Gasteiger partial charge is 0.170 e. The van der Waals surface area contributed by atoms with Gasteiger partial charge in [0.15, 0.2) is 17.3 Å². The van der Waals surface area contributed by atoms with Crippen LogP contribution in [-0.4, -0.2) is 20.0 Å². The zero-order chi connectivity index (χ0) is 15.4. The molecule has 0 aliphatic rings. The number of ketones is 1. The summed E-state index contributed by atoms with van der Waals surface area (Å²) in [4.78, 5) is 12.2. The van der Waals surface area contributed by atoms with Gasteiger partial charge in [0.2, 0.25) is 0 Å². The average Bonchev–Trinajstić information content (AvgIpc) is 2.49. The van der Waals surface area contributed by atoms with Gasteiger partial charge < -0.3 is 9.47 Å². The van der Waals surface area contributed by atoms with E-state index in [1.165, 1.54) is 44.6 Å². The molecule has 0 N–H and O–H groups in total. The van der Waals surface area contributed by atoms with Gasteiger partial charge in [0.25, 0.3) is 0 Å². The van der Waals surface area contributed by atoms with Gasteiger partial charge in [-0.25, -0.2) is 8.78 Å². The second-order valence-electron chi connectivity index (χ2n) is 4.41. The van der Waals surface area contributed by atoms with Gasteiger partial charge in [-0.1, -0.05) is 12.1 Å². The number of Topliss-reactive ketones (excluding diaryl/α,β-unsaturated/α-hetero) is 1. The first kappa shape index (κ1) is 15.0. The highest BCUT2D eigenvalue weighted by Crippen LogP contribution is 2.30. The highest BCUT2D eigenvalue weighted by molar-refractivity contribution is 5.98. The lowest BCUT2D eigenvalue weighted by Gasteiger charge is -2.10. The molecule has 2 rings (SSSR count). The fourth-order valence-electron chi connectivity index (χ4n) is 1.95. The lowest BCUT2D eigenvalue weighted by molar-refractivity contribution is 0.0988. The summed E-state index contributed by atoms with van der Waals surface area (Å²) < 4.78 is 36.8. The van der Waals surface area contributed by atoms with Crippen LogP contribution in [-0.2, 0) is 6.42 Å². The fraction of sp³-hybridized carbons (Fsp3) is 0.188. The number of carbonyl (C=O) groups excluding carboxylic acids is 1. The number of benzene rings is 2. The van der Waals surface area contributed by atoms with Gasteiger partial charge >= 0.3 is 0 Å². The first-order valence-electron chi connectivity index (χ1n) is 6.24. The molecule has 0 heterocycles. The molecule has 0 aliphatic carbocycles. The molecule has 110 valence electrons. The van der Waals surface area contributed by atoms with Crippen molar-refractivity contribution in [2.24, 2.45) is 0 Å². The van der Waals surface area contributed by atoms with Crippen LogP contribution in [0, 0.1) is 11.6 Å². The van der Waals surface area contributed by atoms with E-state index >= 15 is 0 Å². The average molecular weight is 292 g/mol. The summed E-state index contributed by atoms with van der Waals surface area (Å²) in [7, 11) is 2.79. The second kappa shape index (κ2) is 6.35. The van der Waals surface area contributed by atoms with Crippen LogP contribution < -0.4 is 9.47 Å². The maximum Gasteiger partial charge on any atom is 0.170 e. The largest absolute Gasteiger partial charge is 0.493 e. The maximum atomic E-state index is 14.0. The molecule has 5 heteroatoms. The van der Waals surface area contributed by atoms with Crippen molar-refractivity contribution in [1.29, 1.82) is 0 Å². The highest BCUT2D eigenvalue weighted by Gasteiger charge is 2.17. The molecule has 0 amide bonds. The third kappa shape index (κ3) is 3.37. The van der Waals surface area contributed by atoms with Crippen LogP contribution in [0.5, 0.6) is 11.5 Å². The van der Waals surface area contributed by atoms with E-state index in [1.54, 1.807) is 0 Å². The van der Waals surface area contributed by atoms with Crippen LogP contribution in [0.15, 0.2) is 36.4 Å². The molecular weight excluding hydrogens is 278 g/mol. The summed E-state index contributed by atoms with van der Waals surface area (Å²) in [6, 6.07) is 7.91. The standard InChI is InChI=1S/C16H14F2O3/c1-20-15-8-12(13(18)9-16(15)21-2)14(19)7-10-3-5-11(17)6-4-10/h3-6,8-9H,7H2,1-2H3. The van der Waals surface area contributed by atoms with Gasteiger partial charge in [0.1, 0.15) is 11.6 Å². The molecule has 0 unspecified atom stereocenters. The Morgan fingerprint density at radius 1 is 1.00 bits per heavy atom. The molecule has 0 atom stereocenters. The van der Waals surface area contributed by atoms with Crippen molar-refractivity contribution in [2.45, 2.75) is 6.42 Å². The summed E-state index contributed by atoms with van der Waals surface area (Å²) >= 11 is 0. The van der Waals surface area contributed by atoms with E-state index < -0.39 is 11.6 Å². The number of hydrogen-bond acceptors (Lipinski definition) is 3. The van der Waals surface area contributed by atoms with Crippen LogP contribution in [0.1, 0.15) is 15.9 Å². The number of halogens is 2. The summed E-state index contributed by atoms with van der Waals surface area (Å²) in [6.07, 6.45) is -0.0211. The molecule has 0 saturated carbocycles. The van der Waals surface area contributed by atoms with E-state index in [-0.39, 0.29) is 29.3 Å². The Balaban J connectivity index is 2.28. The van der Waals surface area contributed by atoms with Crippen LogP contribution in [0.2, 0.25) is 0 Å². The van der Waals surface area contributed by atoms with Crippen LogP contribution in [0.3, 0.4) is 0 Å². The Morgan fingerprint density at radius 3 is 2.14 bits per heavy atom. The van der Waals surface area contributed by atoms with E-state index in [0.29, 0.717) is 5.56 Å². The second-order valence-corrected chi connectivity index (χ2v) is 4.41. The van der Waals surface area contributed by atoms with Crippen molar-refractivity contribution in [3.63, 3.8) is 0 Å². The summed E-state index contributed by atoms with van der Waals surface area (Å²) in [5.41, 5.74) is 0.521. The topological polar surface area (TPSA) is 35.5 Å². The molecule has 2 aromatic rings. The SMILES string of the molecule is COc1cc(F)c(C(=O)Cc2ccc(F)cc2)cc1OC. The summed E-state index contributed by atoms with van der Waals surface area (Å²) in [6.45, 7) is 0. The van der Waals surface area contributed by atoms with Gasteiger partial charge in [0.05, 0.1) is 19.8 Å². The molecule has 2 aromatic carbocycles. The van der Waals surface area contributed by atoms with Gasteiger partial charge in [0, 0.05) is 12.5 Å². The first-order valence-corrected chi connectivity index (χ1v) is 6.24. The Bertz CT molecular complexity index is 651. The molecule has 0 saturated heterocycles. The fourth-order valence-corrected chi connectivity index (χ4v) is 1.95. The van der Waals surface area contributed by atoms with E-state index in [2.05, 4.69) is 0 Å². The molecule has 0 fully saturated rings. The van der Waals surface area contributed by atoms with Crippen LogP contribution >= 0.6 is 0 Å². The monoisotopic (exact) mass is 292 g/mol. The Morgan fingerprint density at radius 2 is 1.57 bits per heavy atom. The van der Waals surface area contributed by atoms with Crippen molar-refractivity contribution in [1.82, 2.24) is 0 Å². The minimum absolute atomic E-state index is 0.0211. The van der Waals surface area contributed by atoms with E-state index in [9.17, 15) is 13.6 Å². The van der Waals surface area contributed by atoms with Crippen molar-refractivity contribution in [3.8, 4) is 11.5 Å². The van der Waals surface area contributed by atoms with E-state index in [4.69, 9.17) is 9.47 Å². The predicted octanol–water partition coefficient (Wildman–Crippen LogP) is 3.41. The maximum absolute atomic E-state index is 14.0. The van der Waals surface area contributed by atoms with Crippen molar-refractivity contribution >= 4 is 5.78 Å². The Hall–Kier alpha value is -2.43. The van der Waals surface area contributed by atoms with Gasteiger partial charge in [-0.15, -0.1) is 0 Å². The molecule has 0 spiro atoms. The summed E-state index contributed by atoms with van der Waals surface area (Å²) in [5, 5.41) is 0. The van der Waals surface area contributed by atoms with Crippen molar-refractivity contribution in [2.75, 3.05) is 14.2 Å². The molecule has 0 aliphatic heterocycles. The third-order valence-electron chi connectivity index (χ3n) is 3.05. The zero-order valence-electron chi connectivity index (χ0n) is 11.7. The molecule has 0 aromatic heterocycles. The molecule has 0 bridgehead atoms. The third-order valence-corrected chi connectivity index (χ3v) is 3.05. The normalized spacial score (nSPS) is 10.3. The highest BCUT2D eigenvalue weighted by atomic mass is 19.1. The lowest BCUT2D eigenvalue weighted by atomic mass is 10.0. The minimum atomic E-state index is -0.681. The zero-order valence-corrected chi connectivity index (χ0v) is 11.7. The molecule has 0 radical (unpaired) electrons. The summed E-state index contributed by atoms with van der Waals surface area (Å²) in [5.74, 6) is -0.988. The molecular formula is C16H14F2O3. The number of carbonyl (C=O) groups is 1. The number of hydrogen-bond donors (Lipinski definition) is 0. The molecule has 3 nitrogen and oxygen atoms in total. The number of methoxy groups -OCH3 is 2. The predicted molar refractivity (Wildman–Crippen MR) is 73.9 cm³/mol. The van der Waals surface area contributed by atoms with Crippen molar-refractivity contribution < 1.29 is 23.0 Å². The van der Waals surface area contributed by atoms with Gasteiger partial charge in [-0.05, 0) is 23.8 Å². The minimum Gasteiger partial charge on any atom is -0.493 e.